The van der Waals surface area contributed by atoms with E-state index in [1.165, 1.54) is 29.5 Å². The minimum Gasteiger partial charge on any atom is -0.508 e. The van der Waals surface area contributed by atoms with Gasteiger partial charge in [0.2, 0.25) is 0 Å². The number of aromatic hydroxyl groups is 2. The first-order valence-corrected chi connectivity index (χ1v) is 6.78. The van der Waals surface area contributed by atoms with Gasteiger partial charge >= 0.3 is 0 Å². The Morgan fingerprint density at radius 3 is 2.70 bits per heavy atom. The van der Waals surface area contributed by atoms with Gasteiger partial charge in [-0.2, -0.15) is 5.10 Å². The van der Waals surface area contributed by atoms with E-state index >= 15 is 0 Å². The average Bonchev–Trinajstić information content (AvgIpc) is 2.84. The van der Waals surface area contributed by atoms with Crippen LogP contribution in [0.4, 0.5) is 0 Å². The number of nitrogens with zero attached hydrogens (tertiary/aromatic N) is 1. The number of carbonyl (C=O) groups excluding carboxylic acids is 1. The molecule has 6 heteroatoms. The van der Waals surface area contributed by atoms with Crippen molar-refractivity contribution in [2.24, 2.45) is 5.10 Å². The van der Waals surface area contributed by atoms with Gasteiger partial charge in [0.05, 0.1) is 10.6 Å². The summed E-state index contributed by atoms with van der Waals surface area (Å²) >= 11 is 1.34. The third-order valence-corrected chi connectivity index (χ3v) is 3.78. The number of nitrogens with one attached hydrogen (secondary N) is 1. The molecule has 0 bridgehead atoms. The normalized spacial score (nSPS) is 11.4. The highest BCUT2D eigenvalue weighted by Gasteiger charge is 2.11. The molecule has 1 aromatic carbocycles. The molecule has 20 heavy (non-hydrogen) atoms. The number of hydrogen-bond donors (Lipinski definition) is 3. The summed E-state index contributed by atoms with van der Waals surface area (Å²) in [5.41, 5.74) is 4.10. The third-order valence-electron chi connectivity index (χ3n) is 2.76. The topological polar surface area (TPSA) is 81.9 Å². The molecule has 0 fully saturated rings. The van der Waals surface area contributed by atoms with E-state index in [4.69, 9.17) is 0 Å². The molecule has 0 aliphatic heterocycles. The van der Waals surface area contributed by atoms with Crippen molar-refractivity contribution in [2.75, 3.05) is 0 Å². The highest BCUT2D eigenvalue weighted by Crippen LogP contribution is 2.22. The van der Waals surface area contributed by atoms with Crippen molar-refractivity contribution in [1.29, 1.82) is 0 Å². The summed E-state index contributed by atoms with van der Waals surface area (Å²) in [4.78, 5) is 12.5. The molecule has 0 unspecified atom stereocenters. The molecule has 0 spiro atoms. The van der Waals surface area contributed by atoms with Crippen molar-refractivity contribution >= 4 is 23.0 Å². The van der Waals surface area contributed by atoms with Gasteiger partial charge in [0.15, 0.2) is 0 Å². The number of hydrogen-bond acceptors (Lipinski definition) is 5. The second-order valence-corrected chi connectivity index (χ2v) is 5.19. The number of carbonyl (C=O) groups is 1. The van der Waals surface area contributed by atoms with E-state index in [1.807, 2.05) is 18.4 Å². The molecule has 1 aromatic heterocycles. The van der Waals surface area contributed by atoms with E-state index in [1.54, 1.807) is 6.92 Å². The molecular weight excluding hydrogens is 276 g/mol. The molecule has 2 aromatic rings. The van der Waals surface area contributed by atoms with Crippen LogP contribution in [0.1, 0.15) is 27.7 Å². The van der Waals surface area contributed by atoms with Gasteiger partial charge in [0, 0.05) is 5.56 Å². The van der Waals surface area contributed by atoms with E-state index in [-0.39, 0.29) is 17.4 Å². The summed E-state index contributed by atoms with van der Waals surface area (Å²) in [5.74, 6) is -0.283. The number of phenols is 2. The van der Waals surface area contributed by atoms with Crippen LogP contribution in [0, 0.1) is 6.92 Å². The minimum absolute atomic E-state index is 0.00870. The second kappa shape index (κ2) is 5.75. The lowest BCUT2D eigenvalue weighted by molar-refractivity contribution is 0.0958. The Balaban J connectivity index is 2.17. The number of amides is 1. The lowest BCUT2D eigenvalue weighted by Crippen LogP contribution is -2.19. The van der Waals surface area contributed by atoms with Crippen molar-refractivity contribution in [3.05, 3.63) is 45.6 Å². The molecule has 1 amide bonds. The lowest BCUT2D eigenvalue weighted by Gasteiger charge is -2.05. The van der Waals surface area contributed by atoms with Crippen LogP contribution in [0.2, 0.25) is 0 Å². The van der Waals surface area contributed by atoms with E-state index < -0.39 is 0 Å². The number of thiophene rings is 1. The van der Waals surface area contributed by atoms with Crippen LogP contribution in [0.25, 0.3) is 0 Å². The van der Waals surface area contributed by atoms with Gasteiger partial charge in [0.25, 0.3) is 5.91 Å². The maximum absolute atomic E-state index is 11.9. The van der Waals surface area contributed by atoms with E-state index in [2.05, 4.69) is 10.5 Å². The van der Waals surface area contributed by atoms with E-state index in [9.17, 15) is 15.0 Å². The quantitative estimate of drug-likeness (QED) is 0.461. The number of rotatable bonds is 3. The molecule has 0 aliphatic carbocycles. The van der Waals surface area contributed by atoms with Crippen LogP contribution in [-0.4, -0.2) is 21.8 Å². The van der Waals surface area contributed by atoms with Gasteiger partial charge < -0.3 is 10.2 Å². The first-order chi connectivity index (χ1) is 9.49. The number of aryl methyl sites for hydroxylation is 1. The molecule has 3 N–H and O–H groups in total. The fourth-order valence-corrected chi connectivity index (χ4v) is 2.48. The summed E-state index contributed by atoms with van der Waals surface area (Å²) in [6.07, 6.45) is 0. The largest absolute Gasteiger partial charge is 0.508 e. The smallest absolute Gasteiger partial charge is 0.281 e. The summed E-state index contributed by atoms with van der Waals surface area (Å²) < 4.78 is 0. The van der Waals surface area contributed by atoms with Crippen LogP contribution in [0.5, 0.6) is 11.5 Å². The molecule has 5 nitrogen and oxygen atoms in total. The summed E-state index contributed by atoms with van der Waals surface area (Å²) in [6.45, 7) is 3.49. The Kier molecular flexibility index (Phi) is 4.05. The fourth-order valence-electron chi connectivity index (χ4n) is 1.66. The lowest BCUT2D eigenvalue weighted by atomic mass is 10.1. The van der Waals surface area contributed by atoms with Crippen LogP contribution in [-0.2, 0) is 0 Å². The van der Waals surface area contributed by atoms with Crippen molar-refractivity contribution < 1.29 is 15.0 Å². The van der Waals surface area contributed by atoms with Crippen LogP contribution in [0.15, 0.2) is 34.7 Å². The van der Waals surface area contributed by atoms with Crippen molar-refractivity contribution in [3.63, 3.8) is 0 Å². The maximum Gasteiger partial charge on any atom is 0.281 e. The van der Waals surface area contributed by atoms with Crippen molar-refractivity contribution in [2.45, 2.75) is 13.8 Å². The highest BCUT2D eigenvalue weighted by atomic mass is 32.1. The molecule has 0 saturated heterocycles. The Morgan fingerprint density at radius 1 is 1.30 bits per heavy atom. The average molecular weight is 290 g/mol. The molecule has 2 rings (SSSR count). The van der Waals surface area contributed by atoms with Crippen LogP contribution < -0.4 is 5.43 Å². The Hall–Kier alpha value is -2.34. The van der Waals surface area contributed by atoms with Gasteiger partial charge in [0.1, 0.15) is 11.5 Å². The Labute approximate surface area is 120 Å². The van der Waals surface area contributed by atoms with E-state index in [0.29, 0.717) is 16.2 Å². The van der Waals surface area contributed by atoms with Gasteiger partial charge in [-0.25, -0.2) is 5.43 Å². The first kappa shape index (κ1) is 14.1. The third kappa shape index (κ3) is 2.97. The standard InChI is InChI=1S/C14H14N2O3S/c1-8-5-6-20-13(8)14(19)16-15-9(2)11-7-10(17)3-4-12(11)18/h3-7,17-18H,1-2H3,(H,16,19)/b15-9+. The zero-order valence-electron chi connectivity index (χ0n) is 11.0. The Morgan fingerprint density at radius 2 is 2.05 bits per heavy atom. The van der Waals surface area contributed by atoms with E-state index in [0.717, 1.165) is 5.56 Å². The van der Waals surface area contributed by atoms with Gasteiger partial charge in [-0.05, 0) is 49.1 Å². The van der Waals surface area contributed by atoms with Crippen molar-refractivity contribution in [3.8, 4) is 11.5 Å². The minimum atomic E-state index is -0.295. The molecule has 0 saturated carbocycles. The maximum atomic E-state index is 11.9. The summed E-state index contributed by atoms with van der Waals surface area (Å²) in [5, 5.41) is 24.9. The number of hydrazone groups is 1. The SMILES string of the molecule is C/C(=N\NC(=O)c1sccc1C)c1cc(O)ccc1O. The molecule has 0 atom stereocenters. The predicted octanol–water partition coefficient (Wildman–Crippen LogP) is 2.62. The number of phenolic OH excluding ortho intramolecular Hbond substituents is 2. The van der Waals surface area contributed by atoms with Crippen LogP contribution in [0.3, 0.4) is 0 Å². The van der Waals surface area contributed by atoms with Gasteiger partial charge in [-0.15, -0.1) is 11.3 Å². The zero-order valence-corrected chi connectivity index (χ0v) is 11.9. The number of benzene rings is 1. The van der Waals surface area contributed by atoms with Gasteiger partial charge in [-0.1, -0.05) is 0 Å². The molecule has 1 heterocycles. The first-order valence-electron chi connectivity index (χ1n) is 5.90. The fraction of sp³-hybridized carbons (Fsp3) is 0.143. The monoisotopic (exact) mass is 290 g/mol. The molecule has 104 valence electrons. The second-order valence-electron chi connectivity index (χ2n) is 4.27. The zero-order chi connectivity index (χ0) is 14.7. The Bertz CT molecular complexity index is 677. The molecular formula is C14H14N2O3S. The van der Waals surface area contributed by atoms with Crippen LogP contribution >= 0.6 is 11.3 Å². The summed E-state index contributed by atoms with van der Waals surface area (Å²) in [6, 6.07) is 5.99. The molecule has 0 aliphatic rings. The van der Waals surface area contributed by atoms with Crippen molar-refractivity contribution in [1.82, 2.24) is 5.43 Å². The highest BCUT2D eigenvalue weighted by molar-refractivity contribution is 7.12. The predicted molar refractivity (Wildman–Crippen MR) is 78.5 cm³/mol. The summed E-state index contributed by atoms with van der Waals surface area (Å²) in [7, 11) is 0. The van der Waals surface area contributed by atoms with Gasteiger partial charge in [-0.3, -0.25) is 4.79 Å². The molecule has 0 radical (unpaired) electrons.